The molecule has 1 heterocycles. The SMILES string of the molecule is O=C(O)c1c(O)ncc(Cl)c1O. The second-order valence-corrected chi connectivity index (χ2v) is 2.37. The van der Waals surface area contributed by atoms with Crippen LogP contribution >= 0.6 is 11.6 Å². The minimum atomic E-state index is -1.49. The van der Waals surface area contributed by atoms with E-state index in [0.717, 1.165) is 6.20 Å². The number of nitrogens with zero attached hydrogens (tertiary/aromatic N) is 1. The highest BCUT2D eigenvalue weighted by Crippen LogP contribution is 2.31. The van der Waals surface area contributed by atoms with E-state index in [1.54, 1.807) is 0 Å². The smallest absolute Gasteiger partial charge is 0.345 e. The molecule has 0 fully saturated rings. The van der Waals surface area contributed by atoms with E-state index in [2.05, 4.69) is 4.98 Å². The summed E-state index contributed by atoms with van der Waals surface area (Å²) in [6.07, 6.45) is 0.957. The van der Waals surface area contributed by atoms with E-state index < -0.39 is 23.2 Å². The number of aromatic nitrogens is 1. The van der Waals surface area contributed by atoms with Gasteiger partial charge in [-0.1, -0.05) is 11.6 Å². The zero-order valence-electron chi connectivity index (χ0n) is 5.65. The summed E-state index contributed by atoms with van der Waals surface area (Å²) in [4.78, 5) is 13.6. The molecule has 0 aliphatic carbocycles. The van der Waals surface area contributed by atoms with Gasteiger partial charge in [-0.2, -0.15) is 0 Å². The number of carbonyl (C=O) groups is 1. The van der Waals surface area contributed by atoms with Crippen LogP contribution in [0, 0.1) is 0 Å². The van der Waals surface area contributed by atoms with Gasteiger partial charge in [0.1, 0.15) is 5.02 Å². The number of aromatic carboxylic acids is 1. The lowest BCUT2D eigenvalue weighted by Crippen LogP contribution is -1.98. The van der Waals surface area contributed by atoms with Crippen molar-refractivity contribution in [2.75, 3.05) is 0 Å². The van der Waals surface area contributed by atoms with Crippen molar-refractivity contribution >= 4 is 17.6 Å². The first-order valence-corrected chi connectivity index (χ1v) is 3.21. The summed E-state index contributed by atoms with van der Waals surface area (Å²) in [5.74, 6) is -2.93. The van der Waals surface area contributed by atoms with Gasteiger partial charge in [0.15, 0.2) is 11.3 Å². The summed E-state index contributed by atoms with van der Waals surface area (Å²) in [5.41, 5.74) is -0.692. The van der Waals surface area contributed by atoms with Crippen LogP contribution in [0.5, 0.6) is 11.6 Å². The van der Waals surface area contributed by atoms with E-state index in [1.165, 1.54) is 0 Å². The number of carboxylic acid groups (broad SMARTS) is 1. The van der Waals surface area contributed by atoms with E-state index in [1.807, 2.05) is 0 Å². The van der Waals surface area contributed by atoms with Crippen LogP contribution in [0.3, 0.4) is 0 Å². The molecule has 0 aliphatic heterocycles. The predicted octanol–water partition coefficient (Wildman–Crippen LogP) is 0.844. The molecule has 5 nitrogen and oxygen atoms in total. The molecule has 0 radical (unpaired) electrons. The maximum Gasteiger partial charge on any atom is 0.345 e. The Kier molecular flexibility index (Phi) is 2.05. The minimum absolute atomic E-state index is 0.217. The fourth-order valence-corrected chi connectivity index (χ4v) is 0.809. The van der Waals surface area contributed by atoms with Gasteiger partial charge in [0.2, 0.25) is 5.88 Å². The van der Waals surface area contributed by atoms with Gasteiger partial charge in [-0.15, -0.1) is 0 Å². The monoisotopic (exact) mass is 189 g/mol. The molecule has 0 amide bonds. The van der Waals surface area contributed by atoms with Gasteiger partial charge in [-0.25, -0.2) is 9.78 Å². The molecule has 0 spiro atoms. The van der Waals surface area contributed by atoms with Crippen molar-refractivity contribution in [1.29, 1.82) is 0 Å². The van der Waals surface area contributed by atoms with Gasteiger partial charge in [-0.3, -0.25) is 0 Å². The number of carboxylic acids is 1. The minimum Gasteiger partial charge on any atom is -0.505 e. The second kappa shape index (κ2) is 2.86. The summed E-state index contributed by atoms with van der Waals surface area (Å²) < 4.78 is 0. The van der Waals surface area contributed by atoms with Crippen LogP contribution < -0.4 is 0 Å². The van der Waals surface area contributed by atoms with E-state index >= 15 is 0 Å². The number of hydrogen-bond donors (Lipinski definition) is 3. The number of rotatable bonds is 1. The molecule has 12 heavy (non-hydrogen) atoms. The maximum atomic E-state index is 10.4. The number of pyridine rings is 1. The molecule has 0 unspecified atom stereocenters. The lowest BCUT2D eigenvalue weighted by Gasteiger charge is -2.01. The Morgan fingerprint density at radius 2 is 2.08 bits per heavy atom. The highest BCUT2D eigenvalue weighted by atomic mass is 35.5. The summed E-state index contributed by atoms with van der Waals surface area (Å²) in [5, 5.41) is 26.1. The average Bonchev–Trinajstić information content (AvgIpc) is 1.97. The van der Waals surface area contributed by atoms with Crippen molar-refractivity contribution in [3.63, 3.8) is 0 Å². The molecule has 0 aliphatic rings. The van der Waals surface area contributed by atoms with Gasteiger partial charge < -0.3 is 15.3 Å². The Hall–Kier alpha value is -1.49. The fourth-order valence-electron chi connectivity index (χ4n) is 0.666. The third-order valence-electron chi connectivity index (χ3n) is 1.20. The van der Waals surface area contributed by atoms with Crippen molar-refractivity contribution in [3.05, 3.63) is 16.8 Å². The molecular weight excluding hydrogens is 186 g/mol. The van der Waals surface area contributed by atoms with Crippen molar-refractivity contribution in [1.82, 2.24) is 4.98 Å². The number of halogens is 1. The van der Waals surface area contributed by atoms with Crippen LogP contribution in [-0.2, 0) is 0 Å². The molecule has 0 saturated carbocycles. The largest absolute Gasteiger partial charge is 0.505 e. The van der Waals surface area contributed by atoms with E-state index in [9.17, 15) is 4.79 Å². The summed E-state index contributed by atoms with van der Waals surface area (Å²) in [6, 6.07) is 0. The fraction of sp³-hybridized carbons (Fsp3) is 0. The molecule has 0 bridgehead atoms. The zero-order valence-corrected chi connectivity index (χ0v) is 6.41. The number of aromatic hydroxyl groups is 2. The normalized spacial score (nSPS) is 9.75. The Morgan fingerprint density at radius 1 is 1.50 bits per heavy atom. The van der Waals surface area contributed by atoms with Gasteiger partial charge in [0, 0.05) is 0 Å². The Labute approximate surface area is 71.9 Å². The van der Waals surface area contributed by atoms with Crippen LogP contribution in [0.1, 0.15) is 10.4 Å². The molecule has 0 aromatic carbocycles. The summed E-state index contributed by atoms with van der Waals surface area (Å²) in [7, 11) is 0. The van der Waals surface area contributed by atoms with E-state index in [-0.39, 0.29) is 5.02 Å². The van der Waals surface area contributed by atoms with Crippen molar-refractivity contribution in [2.24, 2.45) is 0 Å². The van der Waals surface area contributed by atoms with Crippen LogP contribution in [-0.4, -0.2) is 26.3 Å². The highest BCUT2D eigenvalue weighted by molar-refractivity contribution is 6.32. The molecule has 6 heteroatoms. The lowest BCUT2D eigenvalue weighted by molar-refractivity contribution is 0.0689. The van der Waals surface area contributed by atoms with Crippen LogP contribution in [0.2, 0.25) is 5.02 Å². The van der Waals surface area contributed by atoms with Gasteiger partial charge >= 0.3 is 5.97 Å². The molecule has 1 rings (SSSR count). The summed E-state index contributed by atoms with van der Waals surface area (Å²) >= 11 is 5.34. The van der Waals surface area contributed by atoms with Gasteiger partial charge in [0.05, 0.1) is 6.20 Å². The topological polar surface area (TPSA) is 90.7 Å². The maximum absolute atomic E-state index is 10.4. The summed E-state index contributed by atoms with van der Waals surface area (Å²) in [6.45, 7) is 0. The first kappa shape index (κ1) is 8.61. The molecule has 64 valence electrons. The third-order valence-corrected chi connectivity index (χ3v) is 1.48. The van der Waals surface area contributed by atoms with Crippen molar-refractivity contribution < 1.29 is 20.1 Å². The van der Waals surface area contributed by atoms with Crippen LogP contribution in [0.4, 0.5) is 0 Å². The Bertz CT molecular complexity index is 339. The van der Waals surface area contributed by atoms with E-state index in [4.69, 9.17) is 26.9 Å². The first-order chi connectivity index (χ1) is 5.54. The average molecular weight is 190 g/mol. The van der Waals surface area contributed by atoms with Crippen LogP contribution in [0.15, 0.2) is 6.20 Å². The van der Waals surface area contributed by atoms with Gasteiger partial charge in [-0.05, 0) is 0 Å². The molecule has 0 atom stereocenters. The number of hydrogen-bond acceptors (Lipinski definition) is 4. The highest BCUT2D eigenvalue weighted by Gasteiger charge is 2.18. The molecule has 1 aromatic rings. The second-order valence-electron chi connectivity index (χ2n) is 1.96. The quantitative estimate of drug-likeness (QED) is 0.609. The molecular formula is C6H4ClNO4. The molecule has 3 N–H and O–H groups in total. The molecule has 1 aromatic heterocycles. The van der Waals surface area contributed by atoms with Crippen molar-refractivity contribution in [2.45, 2.75) is 0 Å². The standard InChI is InChI=1S/C6H4ClNO4/c7-2-1-8-5(10)3(4(2)9)6(11)12/h1H,(H,11,12)(H2,8,9,10). The molecule has 0 saturated heterocycles. The lowest BCUT2D eigenvalue weighted by atomic mass is 10.2. The third kappa shape index (κ3) is 1.26. The van der Waals surface area contributed by atoms with E-state index in [0.29, 0.717) is 0 Å². The van der Waals surface area contributed by atoms with Crippen LogP contribution in [0.25, 0.3) is 0 Å². The zero-order chi connectivity index (χ0) is 9.30. The van der Waals surface area contributed by atoms with Gasteiger partial charge in [0.25, 0.3) is 0 Å². The predicted molar refractivity (Wildman–Crippen MR) is 39.5 cm³/mol. The van der Waals surface area contributed by atoms with Crippen molar-refractivity contribution in [3.8, 4) is 11.6 Å². The Morgan fingerprint density at radius 3 is 2.50 bits per heavy atom. The first-order valence-electron chi connectivity index (χ1n) is 2.83. The Balaban J connectivity index is 3.43.